The van der Waals surface area contributed by atoms with Crippen molar-refractivity contribution in [3.63, 3.8) is 0 Å². The van der Waals surface area contributed by atoms with E-state index in [2.05, 4.69) is 41.1 Å². The second-order valence-corrected chi connectivity index (χ2v) is 5.53. The van der Waals surface area contributed by atoms with Crippen molar-refractivity contribution in [2.75, 3.05) is 0 Å². The molecule has 0 atom stereocenters. The number of fused-ring (bicyclic) bond motifs is 1. The van der Waals surface area contributed by atoms with Gasteiger partial charge >= 0.3 is 0 Å². The first kappa shape index (κ1) is 11.8. The van der Waals surface area contributed by atoms with E-state index < -0.39 is 0 Å². The van der Waals surface area contributed by atoms with Crippen LogP contribution >= 0.6 is 15.9 Å². The molecule has 0 bridgehead atoms. The highest BCUT2D eigenvalue weighted by Gasteiger charge is 2.22. The zero-order valence-electron chi connectivity index (χ0n) is 10.4. The van der Waals surface area contributed by atoms with E-state index in [0.717, 1.165) is 12.2 Å². The minimum absolute atomic E-state index is 0.647. The summed E-state index contributed by atoms with van der Waals surface area (Å²) in [7, 11) is 0. The van der Waals surface area contributed by atoms with E-state index in [-0.39, 0.29) is 0 Å². The van der Waals surface area contributed by atoms with Gasteiger partial charge in [-0.15, -0.1) is 0 Å². The fraction of sp³-hybridized carbons (Fsp3) is 0.250. The van der Waals surface area contributed by atoms with Crippen LogP contribution in [0.25, 0.3) is 0 Å². The minimum Gasteiger partial charge on any atom is -0.489 e. The summed E-state index contributed by atoms with van der Waals surface area (Å²) in [5.74, 6) is 1.06. The molecular weight excluding hydrogens is 288 g/mol. The Hall–Kier alpha value is -1.28. The van der Waals surface area contributed by atoms with Crippen LogP contribution in [0.3, 0.4) is 0 Å². The van der Waals surface area contributed by atoms with Crippen LogP contribution in [0.1, 0.15) is 22.3 Å². The smallest absolute Gasteiger partial charge is 0.123 e. The molecule has 92 valence electrons. The monoisotopic (exact) mass is 302 g/mol. The summed E-state index contributed by atoms with van der Waals surface area (Å²) in [6, 6.07) is 12.5. The Balaban J connectivity index is 1.82. The summed E-state index contributed by atoms with van der Waals surface area (Å²) in [4.78, 5) is 0. The number of benzene rings is 2. The maximum atomic E-state index is 5.97. The average molecular weight is 303 g/mol. The van der Waals surface area contributed by atoms with Gasteiger partial charge in [0, 0.05) is 4.47 Å². The normalized spacial score (nSPS) is 12.8. The quantitative estimate of drug-likeness (QED) is 0.815. The summed E-state index contributed by atoms with van der Waals surface area (Å²) in [6.07, 6.45) is 2.30. The van der Waals surface area contributed by atoms with Crippen LogP contribution in [0.4, 0.5) is 0 Å². The standard InChI is InChI=1S/C16H15BrO/c1-11-9-15(13-7-8-14(13)16(11)17)18-10-12-5-3-2-4-6-12/h2-6,9H,7-8,10H2,1H3. The molecule has 0 aromatic heterocycles. The Kier molecular flexibility index (Phi) is 3.13. The van der Waals surface area contributed by atoms with Crippen LogP contribution in [0.2, 0.25) is 0 Å². The van der Waals surface area contributed by atoms with Crippen molar-refractivity contribution < 1.29 is 4.74 Å². The van der Waals surface area contributed by atoms with Crippen molar-refractivity contribution in [3.05, 3.63) is 63.1 Å². The molecule has 0 spiro atoms. The lowest BCUT2D eigenvalue weighted by molar-refractivity contribution is 0.300. The first-order valence-electron chi connectivity index (χ1n) is 6.23. The fourth-order valence-corrected chi connectivity index (χ4v) is 2.89. The maximum absolute atomic E-state index is 5.97. The van der Waals surface area contributed by atoms with Gasteiger partial charge in [-0.2, -0.15) is 0 Å². The van der Waals surface area contributed by atoms with Gasteiger partial charge < -0.3 is 4.74 Å². The minimum atomic E-state index is 0.647. The average Bonchev–Trinajstić information content (AvgIpc) is 2.34. The Labute approximate surface area is 116 Å². The summed E-state index contributed by atoms with van der Waals surface area (Å²) in [5, 5.41) is 0. The Bertz CT molecular complexity index is 575. The largest absolute Gasteiger partial charge is 0.489 e. The van der Waals surface area contributed by atoms with Crippen LogP contribution in [-0.2, 0) is 19.4 Å². The highest BCUT2D eigenvalue weighted by atomic mass is 79.9. The molecule has 0 heterocycles. The molecule has 0 saturated heterocycles. The highest BCUT2D eigenvalue weighted by Crippen LogP contribution is 2.39. The van der Waals surface area contributed by atoms with Gasteiger partial charge in [-0.25, -0.2) is 0 Å². The molecule has 2 aromatic rings. The van der Waals surface area contributed by atoms with Crippen LogP contribution < -0.4 is 4.74 Å². The van der Waals surface area contributed by atoms with E-state index in [1.807, 2.05) is 18.2 Å². The highest BCUT2D eigenvalue weighted by molar-refractivity contribution is 9.10. The Morgan fingerprint density at radius 1 is 1.11 bits per heavy atom. The second kappa shape index (κ2) is 4.77. The van der Waals surface area contributed by atoms with Gasteiger partial charge in [-0.05, 0) is 48.1 Å². The van der Waals surface area contributed by atoms with E-state index in [1.54, 1.807) is 0 Å². The first-order valence-corrected chi connectivity index (χ1v) is 7.02. The Morgan fingerprint density at radius 2 is 1.83 bits per heavy atom. The van der Waals surface area contributed by atoms with E-state index in [0.29, 0.717) is 6.61 Å². The number of halogens is 1. The van der Waals surface area contributed by atoms with Gasteiger partial charge in [-0.3, -0.25) is 0 Å². The number of hydrogen-bond acceptors (Lipinski definition) is 1. The summed E-state index contributed by atoms with van der Waals surface area (Å²) >= 11 is 3.66. The SMILES string of the molecule is Cc1cc(OCc2ccccc2)c2c(c1Br)CC2. The lowest BCUT2D eigenvalue weighted by Crippen LogP contribution is -2.13. The number of ether oxygens (including phenoxy) is 1. The molecule has 1 aliphatic rings. The molecule has 2 heteroatoms. The third kappa shape index (κ3) is 2.05. The molecule has 0 N–H and O–H groups in total. The van der Waals surface area contributed by atoms with Gasteiger partial charge in [0.05, 0.1) is 0 Å². The molecule has 2 aromatic carbocycles. The van der Waals surface area contributed by atoms with Crippen molar-refractivity contribution in [1.29, 1.82) is 0 Å². The molecule has 0 saturated carbocycles. The number of hydrogen-bond donors (Lipinski definition) is 0. The summed E-state index contributed by atoms with van der Waals surface area (Å²) in [5.41, 5.74) is 5.28. The molecule has 1 aliphatic carbocycles. The zero-order chi connectivity index (χ0) is 12.5. The van der Waals surface area contributed by atoms with E-state index in [9.17, 15) is 0 Å². The molecule has 0 aliphatic heterocycles. The number of aryl methyl sites for hydroxylation is 1. The molecule has 0 fully saturated rings. The molecule has 1 nitrogen and oxygen atoms in total. The van der Waals surface area contributed by atoms with Crippen molar-refractivity contribution in [2.24, 2.45) is 0 Å². The Morgan fingerprint density at radius 3 is 2.50 bits per heavy atom. The topological polar surface area (TPSA) is 9.23 Å². The second-order valence-electron chi connectivity index (χ2n) is 4.74. The van der Waals surface area contributed by atoms with Crippen molar-refractivity contribution in [1.82, 2.24) is 0 Å². The van der Waals surface area contributed by atoms with E-state index in [4.69, 9.17) is 4.74 Å². The number of rotatable bonds is 3. The van der Waals surface area contributed by atoms with Crippen LogP contribution in [0, 0.1) is 6.92 Å². The van der Waals surface area contributed by atoms with Crippen molar-refractivity contribution >= 4 is 15.9 Å². The van der Waals surface area contributed by atoms with Crippen LogP contribution in [-0.4, -0.2) is 0 Å². The van der Waals surface area contributed by atoms with Crippen LogP contribution in [0.5, 0.6) is 5.75 Å². The third-order valence-corrected chi connectivity index (χ3v) is 4.59. The molecular formula is C16H15BrO. The van der Waals surface area contributed by atoms with E-state index in [1.165, 1.54) is 33.1 Å². The first-order chi connectivity index (χ1) is 8.75. The lowest BCUT2D eigenvalue weighted by Gasteiger charge is -2.25. The maximum Gasteiger partial charge on any atom is 0.123 e. The van der Waals surface area contributed by atoms with Gasteiger partial charge in [-0.1, -0.05) is 46.3 Å². The van der Waals surface area contributed by atoms with Gasteiger partial charge in [0.2, 0.25) is 0 Å². The predicted octanol–water partition coefficient (Wildman–Crippen LogP) is 4.44. The van der Waals surface area contributed by atoms with Gasteiger partial charge in [0.15, 0.2) is 0 Å². The zero-order valence-corrected chi connectivity index (χ0v) is 12.0. The fourth-order valence-electron chi connectivity index (χ4n) is 2.34. The molecule has 3 rings (SSSR count). The third-order valence-electron chi connectivity index (χ3n) is 3.48. The summed E-state index contributed by atoms with van der Waals surface area (Å²) < 4.78 is 7.23. The van der Waals surface area contributed by atoms with Crippen molar-refractivity contribution in [2.45, 2.75) is 26.4 Å². The lowest BCUT2D eigenvalue weighted by atomic mass is 9.86. The molecule has 0 unspecified atom stereocenters. The predicted molar refractivity (Wildman–Crippen MR) is 77.1 cm³/mol. The van der Waals surface area contributed by atoms with Gasteiger partial charge in [0.25, 0.3) is 0 Å². The summed E-state index contributed by atoms with van der Waals surface area (Å²) in [6.45, 7) is 2.77. The van der Waals surface area contributed by atoms with Crippen LogP contribution in [0.15, 0.2) is 40.9 Å². The van der Waals surface area contributed by atoms with Crippen molar-refractivity contribution in [3.8, 4) is 5.75 Å². The van der Waals surface area contributed by atoms with Gasteiger partial charge in [0.1, 0.15) is 12.4 Å². The molecule has 18 heavy (non-hydrogen) atoms. The van der Waals surface area contributed by atoms with E-state index >= 15 is 0 Å². The molecule has 0 radical (unpaired) electrons. The molecule has 0 amide bonds.